The zero-order chi connectivity index (χ0) is 21.1. The van der Waals surface area contributed by atoms with Crippen molar-refractivity contribution >= 4 is 56.0 Å². The normalized spacial score (nSPS) is 10.9. The molecular weight excluding hydrogens is 464 g/mol. The van der Waals surface area contributed by atoms with Crippen LogP contribution in [0.15, 0.2) is 76.5 Å². The molecule has 4 aromatic rings. The van der Waals surface area contributed by atoms with Gasteiger partial charge in [-0.1, -0.05) is 45.9 Å². The van der Waals surface area contributed by atoms with Gasteiger partial charge in [0.2, 0.25) is 11.7 Å². The number of aromatic nitrogens is 3. The molecule has 30 heavy (non-hydrogen) atoms. The van der Waals surface area contributed by atoms with Crippen LogP contribution >= 0.6 is 27.7 Å². The standard InChI is InChI=1S/C22H17BrN4O2S/c1-27-11-10-24-22(27)21(29)17-12-20(26-18-5-3-2-4-16(17)18)30-13-19(28)25-15-8-6-14(23)7-9-15/h2-12H,13H2,1H3,(H,25,28). The van der Waals surface area contributed by atoms with Gasteiger partial charge in [-0.25, -0.2) is 9.97 Å². The van der Waals surface area contributed by atoms with E-state index in [0.717, 1.165) is 15.5 Å². The molecule has 2 aromatic carbocycles. The molecule has 1 amide bonds. The minimum atomic E-state index is -0.178. The number of halogens is 1. The molecule has 6 nitrogen and oxygen atoms in total. The fourth-order valence-electron chi connectivity index (χ4n) is 2.99. The van der Waals surface area contributed by atoms with Crippen LogP contribution in [0.25, 0.3) is 10.9 Å². The molecule has 0 bridgehead atoms. The molecule has 0 radical (unpaired) electrons. The number of ketones is 1. The van der Waals surface area contributed by atoms with Gasteiger partial charge in [0.25, 0.3) is 0 Å². The second kappa shape index (κ2) is 8.81. The Bertz CT molecular complexity index is 1240. The third-order valence-electron chi connectivity index (χ3n) is 4.44. The summed E-state index contributed by atoms with van der Waals surface area (Å²) >= 11 is 4.66. The number of carbonyl (C=O) groups is 2. The summed E-state index contributed by atoms with van der Waals surface area (Å²) in [5, 5.41) is 4.22. The Morgan fingerprint density at radius 3 is 2.63 bits per heavy atom. The Labute approximate surface area is 185 Å². The molecule has 4 rings (SSSR count). The zero-order valence-corrected chi connectivity index (χ0v) is 18.4. The van der Waals surface area contributed by atoms with Gasteiger partial charge in [0.15, 0.2) is 5.82 Å². The van der Waals surface area contributed by atoms with Gasteiger partial charge in [0.1, 0.15) is 0 Å². The van der Waals surface area contributed by atoms with Gasteiger partial charge < -0.3 is 9.88 Å². The largest absolute Gasteiger partial charge is 0.331 e. The first-order chi connectivity index (χ1) is 14.5. The zero-order valence-electron chi connectivity index (χ0n) is 16.0. The number of imidazole rings is 1. The van der Waals surface area contributed by atoms with E-state index in [-0.39, 0.29) is 17.4 Å². The molecule has 0 unspecified atom stereocenters. The van der Waals surface area contributed by atoms with Gasteiger partial charge in [-0.2, -0.15) is 0 Å². The summed E-state index contributed by atoms with van der Waals surface area (Å²) in [7, 11) is 1.78. The van der Waals surface area contributed by atoms with Crippen molar-refractivity contribution < 1.29 is 9.59 Å². The molecule has 0 aliphatic carbocycles. The second-order valence-corrected chi connectivity index (χ2v) is 8.47. The van der Waals surface area contributed by atoms with Crippen molar-refractivity contribution in [3.63, 3.8) is 0 Å². The van der Waals surface area contributed by atoms with E-state index in [1.807, 2.05) is 48.5 Å². The van der Waals surface area contributed by atoms with Crippen LogP contribution in [0.1, 0.15) is 16.2 Å². The number of benzene rings is 2. The number of aryl methyl sites for hydroxylation is 1. The molecule has 1 N–H and O–H groups in total. The number of nitrogens with one attached hydrogen (secondary N) is 1. The quantitative estimate of drug-likeness (QED) is 0.319. The highest BCUT2D eigenvalue weighted by Gasteiger charge is 2.19. The number of amides is 1. The molecule has 0 fully saturated rings. The summed E-state index contributed by atoms with van der Waals surface area (Å²) in [5.41, 5.74) is 1.94. The van der Waals surface area contributed by atoms with E-state index >= 15 is 0 Å². The first-order valence-corrected chi connectivity index (χ1v) is 10.9. The molecule has 2 heterocycles. The predicted molar refractivity (Wildman–Crippen MR) is 122 cm³/mol. The second-order valence-electron chi connectivity index (χ2n) is 6.56. The minimum absolute atomic E-state index is 0.144. The highest BCUT2D eigenvalue weighted by Crippen LogP contribution is 2.26. The van der Waals surface area contributed by atoms with E-state index in [1.165, 1.54) is 11.8 Å². The number of thioether (sulfide) groups is 1. The molecule has 2 aromatic heterocycles. The number of pyridine rings is 1. The van der Waals surface area contributed by atoms with Crippen LogP contribution in [0.5, 0.6) is 0 Å². The van der Waals surface area contributed by atoms with Crippen LogP contribution in [-0.2, 0) is 11.8 Å². The number of para-hydroxylation sites is 1. The Morgan fingerprint density at radius 1 is 1.13 bits per heavy atom. The topological polar surface area (TPSA) is 76.9 Å². The van der Waals surface area contributed by atoms with Crippen LogP contribution in [-0.4, -0.2) is 32.0 Å². The lowest BCUT2D eigenvalue weighted by Gasteiger charge is -2.09. The van der Waals surface area contributed by atoms with Gasteiger partial charge in [-0.05, 0) is 36.4 Å². The van der Waals surface area contributed by atoms with Gasteiger partial charge in [-0.3, -0.25) is 9.59 Å². The lowest BCUT2D eigenvalue weighted by atomic mass is 10.1. The highest BCUT2D eigenvalue weighted by atomic mass is 79.9. The molecule has 0 aliphatic rings. The minimum Gasteiger partial charge on any atom is -0.331 e. The van der Waals surface area contributed by atoms with Crippen molar-refractivity contribution in [1.29, 1.82) is 0 Å². The molecule has 0 saturated carbocycles. The summed E-state index contributed by atoms with van der Waals surface area (Å²) in [6.07, 6.45) is 3.33. The number of hydrogen-bond donors (Lipinski definition) is 1. The lowest BCUT2D eigenvalue weighted by Crippen LogP contribution is -2.14. The van der Waals surface area contributed by atoms with Gasteiger partial charge in [-0.15, -0.1) is 0 Å². The van der Waals surface area contributed by atoms with Crippen LogP contribution < -0.4 is 5.32 Å². The predicted octanol–water partition coefficient (Wildman–Crippen LogP) is 4.69. The Balaban J connectivity index is 1.57. The van der Waals surface area contributed by atoms with E-state index in [2.05, 4.69) is 31.2 Å². The van der Waals surface area contributed by atoms with Crippen molar-refractivity contribution in [2.75, 3.05) is 11.1 Å². The Hall–Kier alpha value is -2.97. The average Bonchev–Trinajstić information content (AvgIpc) is 3.18. The molecule has 150 valence electrons. The summed E-state index contributed by atoms with van der Waals surface area (Å²) < 4.78 is 2.64. The van der Waals surface area contributed by atoms with E-state index in [9.17, 15) is 9.59 Å². The number of fused-ring (bicyclic) bond motifs is 1. The van der Waals surface area contributed by atoms with Crippen LogP contribution in [0, 0.1) is 0 Å². The number of hydrogen-bond acceptors (Lipinski definition) is 5. The third-order valence-corrected chi connectivity index (χ3v) is 5.88. The Morgan fingerprint density at radius 2 is 1.90 bits per heavy atom. The fraction of sp³-hybridized carbons (Fsp3) is 0.0909. The highest BCUT2D eigenvalue weighted by molar-refractivity contribution is 9.10. The maximum atomic E-state index is 13.1. The van der Waals surface area contributed by atoms with Crippen molar-refractivity contribution in [2.24, 2.45) is 7.05 Å². The SMILES string of the molecule is Cn1ccnc1C(=O)c1cc(SCC(=O)Nc2ccc(Br)cc2)nc2ccccc12. The summed E-state index contributed by atoms with van der Waals surface area (Å²) in [6, 6.07) is 16.6. The summed E-state index contributed by atoms with van der Waals surface area (Å²) in [6.45, 7) is 0. The van der Waals surface area contributed by atoms with Crippen molar-refractivity contribution in [1.82, 2.24) is 14.5 Å². The van der Waals surface area contributed by atoms with E-state index in [4.69, 9.17) is 0 Å². The maximum Gasteiger partial charge on any atom is 0.234 e. The smallest absolute Gasteiger partial charge is 0.234 e. The summed E-state index contributed by atoms with van der Waals surface area (Å²) in [5.74, 6) is 0.212. The molecule has 0 saturated heterocycles. The number of carbonyl (C=O) groups excluding carboxylic acids is 2. The first kappa shape index (κ1) is 20.3. The average molecular weight is 481 g/mol. The number of rotatable bonds is 6. The summed E-state index contributed by atoms with van der Waals surface area (Å²) in [4.78, 5) is 34.2. The van der Waals surface area contributed by atoms with Crippen LogP contribution in [0.2, 0.25) is 0 Å². The van der Waals surface area contributed by atoms with E-state index in [0.29, 0.717) is 21.9 Å². The van der Waals surface area contributed by atoms with Crippen molar-refractivity contribution in [3.05, 3.63) is 82.9 Å². The third kappa shape index (κ3) is 4.44. The molecule has 0 aliphatic heterocycles. The van der Waals surface area contributed by atoms with E-state index in [1.54, 1.807) is 30.1 Å². The fourth-order valence-corrected chi connectivity index (χ4v) is 3.97. The van der Waals surface area contributed by atoms with Gasteiger partial charge >= 0.3 is 0 Å². The van der Waals surface area contributed by atoms with Gasteiger partial charge in [0.05, 0.1) is 16.3 Å². The van der Waals surface area contributed by atoms with E-state index < -0.39 is 0 Å². The molecule has 0 spiro atoms. The lowest BCUT2D eigenvalue weighted by molar-refractivity contribution is -0.113. The number of anilines is 1. The molecular formula is C22H17BrN4O2S. The van der Waals surface area contributed by atoms with Crippen LogP contribution in [0.3, 0.4) is 0 Å². The number of nitrogens with zero attached hydrogens (tertiary/aromatic N) is 3. The van der Waals surface area contributed by atoms with Crippen molar-refractivity contribution in [3.8, 4) is 0 Å². The maximum absolute atomic E-state index is 13.1. The molecule has 8 heteroatoms. The Kier molecular flexibility index (Phi) is 5.96. The van der Waals surface area contributed by atoms with Crippen molar-refractivity contribution in [2.45, 2.75) is 5.03 Å². The van der Waals surface area contributed by atoms with Gasteiger partial charge in [0, 0.05) is 40.6 Å². The first-order valence-electron chi connectivity index (χ1n) is 9.11. The molecule has 0 atom stereocenters. The monoisotopic (exact) mass is 480 g/mol. The van der Waals surface area contributed by atoms with Crippen LogP contribution in [0.4, 0.5) is 5.69 Å².